The molecule has 0 atom stereocenters. The number of anilines is 1. The van der Waals surface area contributed by atoms with E-state index < -0.39 is 93.9 Å². The Bertz CT molecular complexity index is 1390. The van der Waals surface area contributed by atoms with Crippen LogP contribution in [0.5, 0.6) is 11.5 Å². The zero-order valence-corrected chi connectivity index (χ0v) is 20.8. The fourth-order valence-electron chi connectivity index (χ4n) is 3.27. The van der Waals surface area contributed by atoms with E-state index in [2.05, 4.69) is 0 Å². The molecule has 0 aliphatic carbocycles. The topological polar surface area (TPSA) is 161 Å². The number of rotatable bonds is 11. The molecule has 16 heteroatoms. The number of ether oxygens (including phenoxy) is 1. The molecule has 2 aromatic carbocycles. The van der Waals surface area contributed by atoms with Crippen molar-refractivity contribution in [1.82, 2.24) is 0 Å². The molecule has 0 unspecified atom stereocenters. The first kappa shape index (κ1) is 28.8. The number of nitro groups is 1. The summed E-state index contributed by atoms with van der Waals surface area (Å²) in [5.41, 5.74) is -3.58. The summed E-state index contributed by atoms with van der Waals surface area (Å²) in [6, 6.07) is 1.51. The third-order valence-corrected chi connectivity index (χ3v) is 9.35. The number of benzene rings is 2. The number of aromatic carboxylic acids is 1. The fourth-order valence-corrected chi connectivity index (χ4v) is 7.33. The lowest BCUT2D eigenvalue weighted by atomic mass is 10.1. The van der Waals surface area contributed by atoms with Crippen LogP contribution in [0.25, 0.3) is 0 Å². The number of nitro benzene ring substituents is 1. The number of sulfonamides is 2. The van der Waals surface area contributed by atoms with Crippen LogP contribution in [0.1, 0.15) is 42.6 Å². The van der Waals surface area contributed by atoms with Gasteiger partial charge in [-0.2, -0.15) is 8.10 Å². The summed E-state index contributed by atoms with van der Waals surface area (Å²) in [5.74, 6) is -11.3. The van der Waals surface area contributed by atoms with E-state index in [9.17, 15) is 45.6 Å². The van der Waals surface area contributed by atoms with Gasteiger partial charge >= 0.3 is 5.97 Å². The summed E-state index contributed by atoms with van der Waals surface area (Å²) < 4.78 is 100. The Hall–Kier alpha value is -3.40. The van der Waals surface area contributed by atoms with Crippen LogP contribution in [-0.2, 0) is 20.0 Å². The second-order valence-corrected chi connectivity index (χ2v) is 11.5. The predicted octanol–water partition coefficient (Wildman–Crippen LogP) is 4.10. The third-order valence-electron chi connectivity index (χ3n) is 4.74. The van der Waals surface area contributed by atoms with Gasteiger partial charge in [-0.25, -0.2) is 30.4 Å². The lowest BCUT2D eigenvalue weighted by Crippen LogP contribution is -2.40. The standard InChI is InChI=1S/C20H21F3N2O9S2/c1-4-8-35(30,31)25(36(32,33)9-5-2)14-10-12(21)17(22)19(18(14)23)34-15-7-6-13(24(28)29)16(11(15)3)20(26)27/h6-7,10H,4-5,8-9H2,1-3H3,(H,26,27). The van der Waals surface area contributed by atoms with Crippen molar-refractivity contribution in [2.75, 3.05) is 15.2 Å². The van der Waals surface area contributed by atoms with Gasteiger partial charge in [0.1, 0.15) is 17.0 Å². The van der Waals surface area contributed by atoms with Crippen LogP contribution in [0.15, 0.2) is 18.2 Å². The molecule has 0 bridgehead atoms. The molecule has 0 aliphatic heterocycles. The van der Waals surface area contributed by atoms with Gasteiger partial charge in [-0.1, -0.05) is 13.8 Å². The number of nitrogens with zero attached hydrogens (tertiary/aromatic N) is 2. The Labute approximate surface area is 204 Å². The van der Waals surface area contributed by atoms with Gasteiger partial charge in [0.15, 0.2) is 11.6 Å². The van der Waals surface area contributed by atoms with Gasteiger partial charge in [0.2, 0.25) is 31.6 Å². The number of carbonyl (C=O) groups is 1. The minimum absolute atomic E-state index is 0.0450. The summed E-state index contributed by atoms with van der Waals surface area (Å²) in [5, 5.41) is 20.5. The zero-order chi connectivity index (χ0) is 27.6. The van der Waals surface area contributed by atoms with Crippen molar-refractivity contribution in [3.8, 4) is 11.5 Å². The van der Waals surface area contributed by atoms with E-state index in [-0.39, 0.29) is 22.6 Å². The molecule has 0 amide bonds. The lowest BCUT2D eigenvalue weighted by Gasteiger charge is -2.25. The molecule has 1 N–H and O–H groups in total. The highest BCUT2D eigenvalue weighted by Gasteiger charge is 2.38. The molecule has 0 radical (unpaired) electrons. The van der Waals surface area contributed by atoms with Crippen LogP contribution >= 0.6 is 0 Å². The lowest BCUT2D eigenvalue weighted by molar-refractivity contribution is -0.385. The quantitative estimate of drug-likeness (QED) is 0.245. The molecular formula is C20H21F3N2O9S2. The number of halogens is 3. The van der Waals surface area contributed by atoms with Crippen molar-refractivity contribution in [3.05, 3.63) is 56.9 Å². The van der Waals surface area contributed by atoms with Gasteiger partial charge in [0.25, 0.3) is 5.69 Å². The van der Waals surface area contributed by atoms with Gasteiger partial charge in [0, 0.05) is 17.7 Å². The molecule has 0 heterocycles. The first-order valence-corrected chi connectivity index (χ1v) is 13.4. The largest absolute Gasteiger partial charge is 0.477 e. The summed E-state index contributed by atoms with van der Waals surface area (Å²) in [6.07, 6.45) is -0.176. The SMILES string of the molecule is CCCS(=O)(=O)N(c1cc(F)c(F)c(Oc2ccc([N+](=O)[O-])c(C(=O)O)c2C)c1F)S(=O)(=O)CCC. The molecule has 2 aromatic rings. The Balaban J connectivity index is 2.84. The second kappa shape index (κ2) is 10.7. The molecule has 2 rings (SSSR count). The smallest absolute Gasteiger partial charge is 0.343 e. The maximum atomic E-state index is 15.5. The first-order chi connectivity index (χ1) is 16.6. The predicted molar refractivity (Wildman–Crippen MR) is 122 cm³/mol. The van der Waals surface area contributed by atoms with E-state index in [0.29, 0.717) is 6.07 Å². The highest BCUT2D eigenvalue weighted by atomic mass is 32.3. The van der Waals surface area contributed by atoms with E-state index in [1.807, 2.05) is 0 Å². The molecule has 11 nitrogen and oxygen atoms in total. The van der Waals surface area contributed by atoms with Crippen molar-refractivity contribution in [1.29, 1.82) is 0 Å². The van der Waals surface area contributed by atoms with E-state index in [1.165, 1.54) is 13.8 Å². The van der Waals surface area contributed by atoms with Crippen molar-refractivity contribution >= 4 is 37.4 Å². The summed E-state index contributed by atoms with van der Waals surface area (Å²) in [6.45, 7) is 3.82. The maximum Gasteiger partial charge on any atom is 0.343 e. The van der Waals surface area contributed by atoms with Crippen LogP contribution in [0.2, 0.25) is 0 Å². The Morgan fingerprint density at radius 1 is 1.06 bits per heavy atom. The molecule has 0 saturated carbocycles. The van der Waals surface area contributed by atoms with E-state index in [1.54, 1.807) is 0 Å². The van der Waals surface area contributed by atoms with E-state index >= 15 is 4.39 Å². The van der Waals surface area contributed by atoms with Crippen molar-refractivity contribution in [3.63, 3.8) is 0 Å². The molecule has 0 saturated heterocycles. The molecule has 0 fully saturated rings. The molecule has 36 heavy (non-hydrogen) atoms. The Morgan fingerprint density at radius 2 is 1.58 bits per heavy atom. The summed E-state index contributed by atoms with van der Waals surface area (Å²) in [7, 11) is -9.56. The van der Waals surface area contributed by atoms with E-state index in [0.717, 1.165) is 13.0 Å². The number of hydrogen-bond acceptors (Lipinski definition) is 8. The summed E-state index contributed by atoms with van der Waals surface area (Å²) >= 11 is 0. The van der Waals surface area contributed by atoms with Crippen molar-refractivity contribution < 1.29 is 49.6 Å². The molecule has 0 aliphatic rings. The molecular weight excluding hydrogens is 533 g/mol. The highest BCUT2D eigenvalue weighted by molar-refractivity contribution is 8.10. The number of hydrogen-bond donors (Lipinski definition) is 1. The van der Waals surface area contributed by atoms with Crippen LogP contribution < -0.4 is 8.45 Å². The van der Waals surface area contributed by atoms with Crippen LogP contribution in [-0.4, -0.2) is 44.3 Å². The van der Waals surface area contributed by atoms with Crippen LogP contribution in [0.4, 0.5) is 24.5 Å². The monoisotopic (exact) mass is 554 g/mol. The average molecular weight is 555 g/mol. The Kier molecular flexibility index (Phi) is 8.57. The molecule has 0 spiro atoms. The Morgan fingerprint density at radius 3 is 2.03 bits per heavy atom. The summed E-state index contributed by atoms with van der Waals surface area (Å²) in [4.78, 5) is 21.6. The second-order valence-electron chi connectivity index (χ2n) is 7.41. The highest BCUT2D eigenvalue weighted by Crippen LogP contribution is 2.40. The fraction of sp³-hybridized carbons (Fsp3) is 0.350. The maximum absolute atomic E-state index is 15.5. The van der Waals surface area contributed by atoms with E-state index in [4.69, 9.17) is 4.74 Å². The molecule has 0 aromatic heterocycles. The molecule has 198 valence electrons. The van der Waals surface area contributed by atoms with Crippen LogP contribution in [0.3, 0.4) is 0 Å². The van der Waals surface area contributed by atoms with Crippen molar-refractivity contribution in [2.24, 2.45) is 0 Å². The van der Waals surface area contributed by atoms with Gasteiger partial charge in [0.05, 0.1) is 16.4 Å². The number of carboxylic acid groups (broad SMARTS) is 1. The van der Waals surface area contributed by atoms with Gasteiger partial charge in [-0.15, -0.1) is 0 Å². The number of carboxylic acids is 1. The average Bonchev–Trinajstić information content (AvgIpc) is 2.74. The third kappa shape index (κ3) is 5.53. The zero-order valence-electron chi connectivity index (χ0n) is 19.1. The minimum atomic E-state index is -4.78. The van der Waals surface area contributed by atoms with Gasteiger partial charge in [-0.3, -0.25) is 10.1 Å². The van der Waals surface area contributed by atoms with Crippen molar-refractivity contribution in [2.45, 2.75) is 33.6 Å². The van der Waals surface area contributed by atoms with Gasteiger partial charge in [-0.05, 0) is 25.8 Å². The van der Waals surface area contributed by atoms with Crippen LogP contribution in [0, 0.1) is 34.5 Å². The first-order valence-electron chi connectivity index (χ1n) is 10.2. The van der Waals surface area contributed by atoms with Gasteiger partial charge < -0.3 is 9.84 Å². The normalized spacial score (nSPS) is 11.8. The minimum Gasteiger partial charge on any atom is -0.477 e.